The predicted molar refractivity (Wildman–Crippen MR) is 68.9 cm³/mol. The van der Waals surface area contributed by atoms with E-state index in [1.807, 2.05) is 13.8 Å². The molecule has 0 atom stereocenters. The molecule has 100 valence electrons. The highest BCUT2D eigenvalue weighted by Gasteiger charge is 2.14. The summed E-state index contributed by atoms with van der Waals surface area (Å²) in [7, 11) is 0. The van der Waals surface area contributed by atoms with Crippen molar-refractivity contribution in [1.82, 2.24) is 4.90 Å². The molecule has 0 bridgehead atoms. The molecule has 0 saturated heterocycles. The number of anilines is 1. The number of carbonyl (C=O) groups is 1. The second-order valence-electron chi connectivity index (χ2n) is 3.82. The molecule has 0 saturated carbocycles. The topological polar surface area (TPSA) is 55.6 Å². The number of halogens is 1. The molecule has 4 nitrogen and oxygen atoms in total. The van der Waals surface area contributed by atoms with E-state index in [0.29, 0.717) is 31.9 Å². The largest absolute Gasteiger partial charge is 0.396 e. The summed E-state index contributed by atoms with van der Waals surface area (Å²) in [6, 6.07) is 4.01. The van der Waals surface area contributed by atoms with Gasteiger partial charge in [0.05, 0.1) is 12.3 Å². The van der Waals surface area contributed by atoms with Crippen molar-refractivity contribution < 1.29 is 13.9 Å². The van der Waals surface area contributed by atoms with Crippen molar-refractivity contribution in [3.05, 3.63) is 29.6 Å². The monoisotopic (exact) mass is 254 g/mol. The Morgan fingerprint density at radius 1 is 1.44 bits per heavy atom. The van der Waals surface area contributed by atoms with Gasteiger partial charge in [0.25, 0.3) is 5.91 Å². The Morgan fingerprint density at radius 2 is 2.17 bits per heavy atom. The van der Waals surface area contributed by atoms with Gasteiger partial charge in [-0.2, -0.15) is 0 Å². The molecule has 18 heavy (non-hydrogen) atoms. The Balaban J connectivity index is 2.73. The number of nitrogen functional groups attached to an aromatic ring is 1. The van der Waals surface area contributed by atoms with E-state index in [1.54, 1.807) is 4.90 Å². The smallest absolute Gasteiger partial charge is 0.254 e. The van der Waals surface area contributed by atoms with Crippen molar-refractivity contribution >= 4 is 11.6 Å². The molecule has 0 aliphatic heterocycles. The Bertz CT molecular complexity index is 410. The van der Waals surface area contributed by atoms with Crippen LogP contribution in [0.1, 0.15) is 24.2 Å². The Hall–Kier alpha value is -1.62. The summed E-state index contributed by atoms with van der Waals surface area (Å²) in [6.07, 6.45) is 0. The molecular weight excluding hydrogens is 235 g/mol. The van der Waals surface area contributed by atoms with Gasteiger partial charge in [0.2, 0.25) is 0 Å². The molecule has 0 radical (unpaired) electrons. The number of benzene rings is 1. The summed E-state index contributed by atoms with van der Waals surface area (Å²) in [5.41, 5.74) is 5.83. The average Bonchev–Trinajstić information content (AvgIpc) is 2.37. The zero-order chi connectivity index (χ0) is 13.5. The van der Waals surface area contributed by atoms with Gasteiger partial charge in [0.1, 0.15) is 5.82 Å². The molecule has 1 amide bonds. The van der Waals surface area contributed by atoms with Crippen molar-refractivity contribution in [2.24, 2.45) is 0 Å². The quantitative estimate of drug-likeness (QED) is 0.623. The highest BCUT2D eigenvalue weighted by Crippen LogP contribution is 2.14. The maximum atomic E-state index is 13.0. The first-order valence-corrected chi connectivity index (χ1v) is 6.02. The van der Waals surface area contributed by atoms with E-state index >= 15 is 0 Å². The van der Waals surface area contributed by atoms with Crippen LogP contribution in [0, 0.1) is 5.82 Å². The minimum absolute atomic E-state index is 0.0123. The molecule has 1 aromatic carbocycles. The van der Waals surface area contributed by atoms with Crippen LogP contribution in [0.4, 0.5) is 10.1 Å². The normalized spacial score (nSPS) is 10.4. The summed E-state index contributed by atoms with van der Waals surface area (Å²) in [5, 5.41) is 0. The van der Waals surface area contributed by atoms with Crippen LogP contribution in [0.5, 0.6) is 0 Å². The number of carbonyl (C=O) groups excluding carboxylic acids is 1. The first-order valence-electron chi connectivity index (χ1n) is 6.02. The zero-order valence-corrected chi connectivity index (χ0v) is 10.8. The third-order valence-corrected chi connectivity index (χ3v) is 2.62. The third-order valence-electron chi connectivity index (χ3n) is 2.62. The lowest BCUT2D eigenvalue weighted by molar-refractivity contribution is 0.0669. The number of amides is 1. The summed E-state index contributed by atoms with van der Waals surface area (Å²) in [6.45, 7) is 5.99. The first-order chi connectivity index (χ1) is 8.60. The van der Waals surface area contributed by atoms with Crippen molar-refractivity contribution in [2.45, 2.75) is 13.8 Å². The second-order valence-corrected chi connectivity index (χ2v) is 3.82. The van der Waals surface area contributed by atoms with Crippen LogP contribution >= 0.6 is 0 Å². The van der Waals surface area contributed by atoms with E-state index in [9.17, 15) is 9.18 Å². The average molecular weight is 254 g/mol. The first kappa shape index (κ1) is 14.4. The van der Waals surface area contributed by atoms with Gasteiger partial charge in [-0.15, -0.1) is 0 Å². The summed E-state index contributed by atoms with van der Waals surface area (Å²) < 4.78 is 18.2. The number of hydrogen-bond donors (Lipinski definition) is 1. The molecule has 2 N–H and O–H groups in total. The molecule has 0 fully saturated rings. The van der Waals surface area contributed by atoms with Crippen LogP contribution in [0.25, 0.3) is 0 Å². The number of nitrogens with two attached hydrogens (primary N) is 1. The molecule has 1 aromatic rings. The Labute approximate surface area is 107 Å². The highest BCUT2D eigenvalue weighted by atomic mass is 19.1. The lowest BCUT2D eigenvalue weighted by Crippen LogP contribution is -2.34. The fraction of sp³-hybridized carbons (Fsp3) is 0.462. The summed E-state index contributed by atoms with van der Waals surface area (Å²) >= 11 is 0. The van der Waals surface area contributed by atoms with Gasteiger partial charge in [-0.05, 0) is 32.0 Å². The van der Waals surface area contributed by atoms with Crippen molar-refractivity contribution in [3.63, 3.8) is 0 Å². The number of hydrogen-bond acceptors (Lipinski definition) is 3. The van der Waals surface area contributed by atoms with Crippen molar-refractivity contribution in [3.8, 4) is 0 Å². The maximum absolute atomic E-state index is 13.0. The molecule has 0 unspecified atom stereocenters. The van der Waals surface area contributed by atoms with Crippen LogP contribution in [-0.2, 0) is 4.74 Å². The number of likely N-dealkylation sites (N-methyl/N-ethyl adjacent to an activating group) is 1. The highest BCUT2D eigenvalue weighted by molar-refractivity contribution is 5.95. The van der Waals surface area contributed by atoms with Gasteiger partial charge in [-0.25, -0.2) is 4.39 Å². The number of rotatable bonds is 6. The minimum atomic E-state index is -0.510. The van der Waals surface area contributed by atoms with Gasteiger partial charge in [-0.1, -0.05) is 0 Å². The van der Waals surface area contributed by atoms with Crippen molar-refractivity contribution in [1.29, 1.82) is 0 Å². The van der Waals surface area contributed by atoms with E-state index in [0.717, 1.165) is 0 Å². The minimum Gasteiger partial charge on any atom is -0.396 e. The van der Waals surface area contributed by atoms with Crippen LogP contribution < -0.4 is 5.73 Å². The van der Waals surface area contributed by atoms with Crippen LogP contribution in [-0.4, -0.2) is 37.1 Å². The van der Waals surface area contributed by atoms with E-state index in [4.69, 9.17) is 10.5 Å². The molecule has 0 aromatic heterocycles. The molecule has 5 heteroatoms. The van der Waals surface area contributed by atoms with Crippen LogP contribution in [0.2, 0.25) is 0 Å². The van der Waals surface area contributed by atoms with E-state index in [2.05, 4.69) is 0 Å². The number of ether oxygens (including phenoxy) is 1. The fourth-order valence-corrected chi connectivity index (χ4v) is 1.58. The molecule has 0 spiro atoms. The molecule has 1 rings (SSSR count). The summed E-state index contributed by atoms with van der Waals surface area (Å²) in [5.74, 6) is -0.673. The van der Waals surface area contributed by atoms with Gasteiger partial charge >= 0.3 is 0 Å². The van der Waals surface area contributed by atoms with E-state index < -0.39 is 5.82 Å². The summed E-state index contributed by atoms with van der Waals surface area (Å²) in [4.78, 5) is 13.8. The van der Waals surface area contributed by atoms with Gasteiger partial charge in [0, 0.05) is 25.3 Å². The van der Waals surface area contributed by atoms with Gasteiger partial charge in [0.15, 0.2) is 0 Å². The van der Waals surface area contributed by atoms with Gasteiger partial charge in [-0.3, -0.25) is 4.79 Å². The fourth-order valence-electron chi connectivity index (χ4n) is 1.58. The van der Waals surface area contributed by atoms with E-state index in [1.165, 1.54) is 18.2 Å². The molecule has 0 heterocycles. The molecule has 0 aliphatic carbocycles. The predicted octanol–water partition coefficient (Wildman–Crippen LogP) is 1.91. The SMILES string of the molecule is CCOCCN(CC)C(=O)c1ccc(F)c(N)c1. The van der Waals surface area contributed by atoms with Gasteiger partial charge < -0.3 is 15.4 Å². The Kier molecular flexibility index (Phi) is 5.58. The second kappa shape index (κ2) is 6.96. The lowest BCUT2D eigenvalue weighted by Gasteiger charge is -2.21. The maximum Gasteiger partial charge on any atom is 0.254 e. The van der Waals surface area contributed by atoms with Crippen LogP contribution in [0.3, 0.4) is 0 Å². The van der Waals surface area contributed by atoms with Crippen LogP contribution in [0.15, 0.2) is 18.2 Å². The standard InChI is InChI=1S/C13H19FN2O2/c1-3-16(7-8-18-4-2)13(17)10-5-6-11(14)12(15)9-10/h5-6,9H,3-4,7-8,15H2,1-2H3. The third kappa shape index (κ3) is 3.70. The lowest BCUT2D eigenvalue weighted by atomic mass is 10.1. The molecular formula is C13H19FN2O2. The number of nitrogens with zero attached hydrogens (tertiary/aromatic N) is 1. The Morgan fingerprint density at radius 3 is 2.72 bits per heavy atom. The molecule has 0 aliphatic rings. The van der Waals surface area contributed by atoms with Crippen molar-refractivity contribution in [2.75, 3.05) is 32.0 Å². The zero-order valence-electron chi connectivity index (χ0n) is 10.8. The van der Waals surface area contributed by atoms with E-state index in [-0.39, 0.29) is 11.6 Å².